The molecule has 2 heteroatoms. The molecule has 2 rings (SSSR count). The monoisotopic (exact) mass is 295 g/mol. The van der Waals surface area contributed by atoms with Crippen molar-refractivity contribution in [3.05, 3.63) is 64.2 Å². The summed E-state index contributed by atoms with van der Waals surface area (Å²) in [6.07, 6.45) is 0.416. The Hall–Kier alpha value is -2.09. The second-order valence-corrected chi connectivity index (χ2v) is 6.35. The quantitative estimate of drug-likeness (QED) is 0.852. The summed E-state index contributed by atoms with van der Waals surface area (Å²) in [5.41, 5.74) is 6.71. The van der Waals surface area contributed by atoms with E-state index in [0.29, 0.717) is 12.3 Å². The molecule has 116 valence electrons. The Morgan fingerprint density at radius 2 is 1.77 bits per heavy atom. The van der Waals surface area contributed by atoms with Gasteiger partial charge in [0.1, 0.15) is 0 Å². The van der Waals surface area contributed by atoms with Crippen LogP contribution in [0.4, 0.5) is 5.69 Å². The molecule has 1 N–H and O–H groups in total. The number of nitrogens with one attached hydrogen (secondary N) is 1. The molecule has 2 nitrogen and oxygen atoms in total. The summed E-state index contributed by atoms with van der Waals surface area (Å²) in [6.45, 7) is 10.4. The van der Waals surface area contributed by atoms with Crippen molar-refractivity contribution in [3.63, 3.8) is 0 Å². The predicted octanol–water partition coefficient (Wildman–Crippen LogP) is 4.92. The summed E-state index contributed by atoms with van der Waals surface area (Å²) in [7, 11) is 0. The van der Waals surface area contributed by atoms with Crippen LogP contribution in [0, 0.1) is 20.8 Å². The van der Waals surface area contributed by atoms with Crippen molar-refractivity contribution in [3.8, 4) is 0 Å². The van der Waals surface area contributed by atoms with Gasteiger partial charge in [0.15, 0.2) is 0 Å². The number of carbonyl (C=O) groups excluding carboxylic acids is 1. The van der Waals surface area contributed by atoms with Gasteiger partial charge in [0.05, 0.1) is 6.42 Å². The van der Waals surface area contributed by atoms with Crippen molar-refractivity contribution in [2.45, 2.75) is 47.0 Å². The summed E-state index contributed by atoms with van der Waals surface area (Å²) < 4.78 is 0. The summed E-state index contributed by atoms with van der Waals surface area (Å²) in [6, 6.07) is 12.4. The van der Waals surface area contributed by atoms with E-state index in [1.54, 1.807) is 0 Å². The van der Waals surface area contributed by atoms with Gasteiger partial charge in [0.25, 0.3) is 0 Å². The molecule has 0 aliphatic carbocycles. The third-order valence-corrected chi connectivity index (χ3v) is 4.05. The minimum atomic E-state index is 0.0462. The topological polar surface area (TPSA) is 29.1 Å². The smallest absolute Gasteiger partial charge is 0.228 e. The average Bonchev–Trinajstić information content (AvgIpc) is 2.44. The summed E-state index contributed by atoms with van der Waals surface area (Å²) in [5.74, 6) is 0.431. The maximum atomic E-state index is 12.5. The van der Waals surface area contributed by atoms with Gasteiger partial charge < -0.3 is 5.32 Å². The van der Waals surface area contributed by atoms with Crippen LogP contribution in [0.15, 0.2) is 36.4 Å². The zero-order valence-electron chi connectivity index (χ0n) is 14.2. The van der Waals surface area contributed by atoms with E-state index in [1.807, 2.05) is 19.1 Å². The van der Waals surface area contributed by atoms with Crippen molar-refractivity contribution >= 4 is 11.6 Å². The number of carbonyl (C=O) groups is 1. The zero-order valence-corrected chi connectivity index (χ0v) is 14.2. The van der Waals surface area contributed by atoms with Crippen LogP contribution < -0.4 is 5.32 Å². The number of para-hydroxylation sites is 1. The highest BCUT2D eigenvalue weighted by molar-refractivity contribution is 5.94. The first-order valence-electron chi connectivity index (χ1n) is 7.84. The van der Waals surface area contributed by atoms with Gasteiger partial charge in [0, 0.05) is 5.69 Å². The Morgan fingerprint density at radius 1 is 1.05 bits per heavy atom. The Balaban J connectivity index is 2.21. The minimum absolute atomic E-state index is 0.0462. The van der Waals surface area contributed by atoms with Gasteiger partial charge in [-0.1, -0.05) is 55.8 Å². The van der Waals surface area contributed by atoms with Crippen molar-refractivity contribution in [1.82, 2.24) is 0 Å². The van der Waals surface area contributed by atoms with Crippen LogP contribution in [0.5, 0.6) is 0 Å². The summed E-state index contributed by atoms with van der Waals surface area (Å²) >= 11 is 0. The van der Waals surface area contributed by atoms with E-state index in [0.717, 1.165) is 22.4 Å². The maximum absolute atomic E-state index is 12.5. The Morgan fingerprint density at radius 3 is 2.45 bits per heavy atom. The van der Waals surface area contributed by atoms with Gasteiger partial charge in [-0.3, -0.25) is 4.79 Å². The minimum Gasteiger partial charge on any atom is -0.325 e. The van der Waals surface area contributed by atoms with Crippen LogP contribution in [-0.2, 0) is 11.2 Å². The van der Waals surface area contributed by atoms with Gasteiger partial charge in [-0.2, -0.15) is 0 Å². The molecular formula is C20H25NO. The standard InChI is InChI=1S/C20H25NO/c1-13(2)18-8-6-7-16(5)20(18)21-19(22)12-17-11-14(3)9-10-15(17)4/h6-11,13H,12H2,1-5H3,(H,21,22). The first-order chi connectivity index (χ1) is 10.4. The number of hydrogen-bond donors (Lipinski definition) is 1. The van der Waals surface area contributed by atoms with Crippen LogP contribution in [0.25, 0.3) is 0 Å². The number of aryl methyl sites for hydroxylation is 3. The Kier molecular flexibility index (Phi) is 5.02. The lowest BCUT2D eigenvalue weighted by atomic mass is 9.97. The molecule has 0 atom stereocenters. The third kappa shape index (κ3) is 3.76. The average molecular weight is 295 g/mol. The van der Waals surface area contributed by atoms with Crippen molar-refractivity contribution in [2.24, 2.45) is 0 Å². The van der Waals surface area contributed by atoms with E-state index in [4.69, 9.17) is 0 Å². The van der Waals surface area contributed by atoms with Crippen molar-refractivity contribution < 1.29 is 4.79 Å². The lowest BCUT2D eigenvalue weighted by molar-refractivity contribution is -0.115. The maximum Gasteiger partial charge on any atom is 0.228 e. The number of amides is 1. The second kappa shape index (κ2) is 6.78. The highest BCUT2D eigenvalue weighted by Crippen LogP contribution is 2.27. The molecule has 0 radical (unpaired) electrons. The lowest BCUT2D eigenvalue weighted by Gasteiger charge is -2.17. The molecule has 2 aromatic rings. The lowest BCUT2D eigenvalue weighted by Crippen LogP contribution is -2.17. The molecule has 0 spiro atoms. The molecule has 0 aliphatic heterocycles. The highest BCUT2D eigenvalue weighted by Gasteiger charge is 2.13. The molecule has 0 saturated carbocycles. The molecule has 0 unspecified atom stereocenters. The van der Waals surface area contributed by atoms with E-state index < -0.39 is 0 Å². The fourth-order valence-electron chi connectivity index (χ4n) is 2.69. The first-order valence-corrected chi connectivity index (χ1v) is 7.84. The highest BCUT2D eigenvalue weighted by atomic mass is 16.1. The van der Waals surface area contributed by atoms with Crippen molar-refractivity contribution in [1.29, 1.82) is 0 Å². The van der Waals surface area contributed by atoms with Gasteiger partial charge >= 0.3 is 0 Å². The SMILES string of the molecule is Cc1ccc(C)c(CC(=O)Nc2c(C)cccc2C(C)C)c1. The van der Waals surface area contributed by atoms with Crippen molar-refractivity contribution in [2.75, 3.05) is 5.32 Å². The number of anilines is 1. The molecule has 0 bridgehead atoms. The van der Waals surface area contributed by atoms with E-state index in [1.165, 1.54) is 11.1 Å². The van der Waals surface area contributed by atoms with E-state index in [9.17, 15) is 4.79 Å². The molecule has 0 aliphatic rings. The molecule has 2 aromatic carbocycles. The first kappa shape index (κ1) is 16.3. The van der Waals surface area contributed by atoms with E-state index >= 15 is 0 Å². The largest absolute Gasteiger partial charge is 0.325 e. The number of benzene rings is 2. The van der Waals surface area contributed by atoms with Gasteiger partial charge in [0.2, 0.25) is 5.91 Å². The zero-order chi connectivity index (χ0) is 16.3. The van der Waals surface area contributed by atoms with Gasteiger partial charge in [-0.25, -0.2) is 0 Å². The van der Waals surface area contributed by atoms with Crippen LogP contribution in [-0.4, -0.2) is 5.91 Å². The molecule has 0 heterocycles. The van der Waals surface area contributed by atoms with E-state index in [-0.39, 0.29) is 5.91 Å². The molecule has 1 amide bonds. The van der Waals surface area contributed by atoms with Crippen LogP contribution in [0.3, 0.4) is 0 Å². The normalized spacial score (nSPS) is 10.8. The predicted molar refractivity (Wildman–Crippen MR) is 93.5 cm³/mol. The molecular weight excluding hydrogens is 270 g/mol. The second-order valence-electron chi connectivity index (χ2n) is 6.35. The van der Waals surface area contributed by atoms with Gasteiger partial charge in [-0.15, -0.1) is 0 Å². The Bertz CT molecular complexity index is 686. The summed E-state index contributed by atoms with van der Waals surface area (Å²) in [5, 5.41) is 3.12. The molecule has 0 aromatic heterocycles. The van der Waals surface area contributed by atoms with E-state index in [2.05, 4.69) is 57.3 Å². The summed E-state index contributed by atoms with van der Waals surface area (Å²) in [4.78, 5) is 12.5. The van der Waals surface area contributed by atoms with Crippen LogP contribution in [0.1, 0.15) is 47.6 Å². The van der Waals surface area contributed by atoms with Gasteiger partial charge in [-0.05, 0) is 48.9 Å². The Labute approximate surface area is 133 Å². The molecule has 0 saturated heterocycles. The fourth-order valence-corrected chi connectivity index (χ4v) is 2.69. The molecule has 0 fully saturated rings. The fraction of sp³-hybridized carbons (Fsp3) is 0.350. The third-order valence-electron chi connectivity index (χ3n) is 4.05. The van der Waals surface area contributed by atoms with Crippen LogP contribution in [0.2, 0.25) is 0 Å². The van der Waals surface area contributed by atoms with Crippen LogP contribution >= 0.6 is 0 Å². The molecule has 22 heavy (non-hydrogen) atoms. The number of hydrogen-bond acceptors (Lipinski definition) is 1. The number of rotatable bonds is 4.